The molecule has 0 aliphatic rings. The lowest BCUT2D eigenvalue weighted by atomic mass is 10.1. The second-order valence-electron chi connectivity index (χ2n) is 4.47. The Morgan fingerprint density at radius 3 is 2.71 bits per heavy atom. The molecule has 2 rings (SSSR count). The number of rotatable bonds is 6. The van der Waals surface area contributed by atoms with Gasteiger partial charge < -0.3 is 15.5 Å². The first-order chi connectivity index (χ1) is 9.97. The molecule has 8 heteroatoms. The van der Waals surface area contributed by atoms with Crippen LogP contribution in [0.1, 0.15) is 23.2 Å². The second kappa shape index (κ2) is 6.04. The first-order valence-corrected chi connectivity index (χ1v) is 6.16. The monoisotopic (exact) mass is 291 g/mol. The highest BCUT2D eigenvalue weighted by Crippen LogP contribution is 2.13. The van der Waals surface area contributed by atoms with E-state index in [2.05, 4.69) is 15.5 Å². The summed E-state index contributed by atoms with van der Waals surface area (Å²) in [6.07, 6.45) is 1.09. The van der Waals surface area contributed by atoms with Gasteiger partial charge in [0.05, 0.1) is 11.7 Å². The molecule has 1 amide bonds. The highest BCUT2D eigenvalue weighted by Gasteiger charge is 2.21. The van der Waals surface area contributed by atoms with E-state index in [1.807, 2.05) is 0 Å². The lowest BCUT2D eigenvalue weighted by Gasteiger charge is -2.13. The number of hydrogen-bond acceptors (Lipinski definition) is 4. The van der Waals surface area contributed by atoms with E-state index in [1.165, 1.54) is 0 Å². The molecule has 8 nitrogen and oxygen atoms in total. The standard InChI is InChI=1S/C13H13N3O5/c17-11(18)4-3-9(13(20)21)15-12(19)7-1-2-8-6-14-16-10(8)5-7/h1-2,5-6,9H,3-4H2,(H,14,16)(H,15,19)(H,17,18)(H,20,21)/t9-/m0/s1. The molecule has 0 saturated carbocycles. The van der Waals surface area contributed by atoms with Crippen molar-refractivity contribution < 1.29 is 24.6 Å². The fourth-order valence-electron chi connectivity index (χ4n) is 1.85. The molecule has 0 spiro atoms. The predicted molar refractivity (Wildman–Crippen MR) is 71.9 cm³/mol. The molecule has 0 aliphatic heterocycles. The van der Waals surface area contributed by atoms with Crippen LogP contribution in [-0.2, 0) is 9.59 Å². The number of carboxylic acids is 2. The highest BCUT2D eigenvalue weighted by molar-refractivity contribution is 5.99. The van der Waals surface area contributed by atoms with Crippen molar-refractivity contribution in [3.8, 4) is 0 Å². The van der Waals surface area contributed by atoms with Crippen molar-refractivity contribution in [1.82, 2.24) is 15.5 Å². The van der Waals surface area contributed by atoms with Crippen molar-refractivity contribution in [2.75, 3.05) is 0 Å². The average Bonchev–Trinajstić information content (AvgIpc) is 2.89. The first-order valence-electron chi connectivity index (χ1n) is 6.16. The number of benzene rings is 1. The van der Waals surface area contributed by atoms with Gasteiger partial charge in [0.1, 0.15) is 6.04 Å². The fourth-order valence-corrected chi connectivity index (χ4v) is 1.85. The maximum absolute atomic E-state index is 12.0. The van der Waals surface area contributed by atoms with Crippen molar-refractivity contribution in [1.29, 1.82) is 0 Å². The summed E-state index contributed by atoms with van der Waals surface area (Å²) >= 11 is 0. The molecule has 0 aliphatic carbocycles. The molecule has 0 bridgehead atoms. The molecule has 4 N–H and O–H groups in total. The minimum absolute atomic E-state index is 0.178. The fraction of sp³-hybridized carbons (Fsp3) is 0.231. The molecule has 1 aromatic carbocycles. The number of nitrogens with zero attached hydrogens (tertiary/aromatic N) is 1. The summed E-state index contributed by atoms with van der Waals surface area (Å²) in [5.41, 5.74) is 0.924. The van der Waals surface area contributed by atoms with E-state index >= 15 is 0 Å². The molecule has 1 atom stereocenters. The van der Waals surface area contributed by atoms with Crippen LogP contribution in [0.3, 0.4) is 0 Å². The third kappa shape index (κ3) is 3.56. The van der Waals surface area contributed by atoms with E-state index in [0.717, 1.165) is 5.39 Å². The molecule has 2 aromatic rings. The van der Waals surface area contributed by atoms with Crippen LogP contribution in [0.2, 0.25) is 0 Å². The highest BCUT2D eigenvalue weighted by atomic mass is 16.4. The first kappa shape index (κ1) is 14.5. The summed E-state index contributed by atoms with van der Waals surface area (Å²) in [5.74, 6) is -2.97. The van der Waals surface area contributed by atoms with Gasteiger partial charge in [-0.2, -0.15) is 5.10 Å². The molecular weight excluding hydrogens is 278 g/mol. The zero-order valence-corrected chi connectivity index (χ0v) is 10.9. The van der Waals surface area contributed by atoms with Crippen LogP contribution in [0.25, 0.3) is 10.9 Å². The van der Waals surface area contributed by atoms with Gasteiger partial charge in [-0.3, -0.25) is 14.7 Å². The smallest absolute Gasteiger partial charge is 0.326 e. The molecule has 0 saturated heterocycles. The van der Waals surface area contributed by atoms with Crippen molar-refractivity contribution in [3.05, 3.63) is 30.0 Å². The molecule has 110 valence electrons. The molecule has 0 radical (unpaired) electrons. The number of aliphatic carboxylic acids is 2. The summed E-state index contributed by atoms with van der Waals surface area (Å²) < 4.78 is 0. The van der Waals surface area contributed by atoms with Gasteiger partial charge in [-0.25, -0.2) is 4.79 Å². The summed E-state index contributed by atoms with van der Waals surface area (Å²) in [6, 6.07) is 3.53. The van der Waals surface area contributed by atoms with Crippen LogP contribution in [0.5, 0.6) is 0 Å². The van der Waals surface area contributed by atoms with Crippen LogP contribution in [0.15, 0.2) is 24.4 Å². The van der Waals surface area contributed by atoms with Gasteiger partial charge in [0.25, 0.3) is 5.91 Å². The number of aromatic amines is 1. The Hall–Kier alpha value is -2.90. The van der Waals surface area contributed by atoms with Crippen LogP contribution in [0.4, 0.5) is 0 Å². The van der Waals surface area contributed by atoms with E-state index in [4.69, 9.17) is 10.2 Å². The number of nitrogens with one attached hydrogen (secondary N) is 2. The van der Waals surface area contributed by atoms with Gasteiger partial charge in [0.2, 0.25) is 0 Å². The Morgan fingerprint density at radius 2 is 2.05 bits per heavy atom. The number of carbonyl (C=O) groups excluding carboxylic acids is 1. The Labute approximate surface area is 118 Å². The largest absolute Gasteiger partial charge is 0.481 e. The molecule has 0 fully saturated rings. The lowest BCUT2D eigenvalue weighted by Crippen LogP contribution is -2.41. The molecule has 21 heavy (non-hydrogen) atoms. The molecule has 1 heterocycles. The van der Waals surface area contributed by atoms with Crippen LogP contribution in [0, 0.1) is 0 Å². The minimum Gasteiger partial charge on any atom is -0.481 e. The minimum atomic E-state index is -1.27. The maximum Gasteiger partial charge on any atom is 0.326 e. The normalized spacial score (nSPS) is 12.0. The van der Waals surface area contributed by atoms with E-state index < -0.39 is 23.9 Å². The van der Waals surface area contributed by atoms with Crippen molar-refractivity contribution in [2.24, 2.45) is 0 Å². The van der Waals surface area contributed by atoms with Gasteiger partial charge in [-0.1, -0.05) is 6.07 Å². The summed E-state index contributed by atoms with van der Waals surface area (Å²) in [4.78, 5) is 33.5. The number of hydrogen-bond donors (Lipinski definition) is 4. The maximum atomic E-state index is 12.0. The van der Waals surface area contributed by atoms with Crippen molar-refractivity contribution >= 4 is 28.7 Å². The lowest BCUT2D eigenvalue weighted by molar-refractivity contribution is -0.140. The van der Waals surface area contributed by atoms with Crippen LogP contribution in [-0.4, -0.2) is 44.3 Å². The summed E-state index contributed by atoms with van der Waals surface area (Å²) in [6.45, 7) is 0. The number of carbonyl (C=O) groups is 3. The third-order valence-electron chi connectivity index (χ3n) is 2.95. The van der Waals surface area contributed by atoms with Crippen molar-refractivity contribution in [3.63, 3.8) is 0 Å². The zero-order chi connectivity index (χ0) is 15.4. The Balaban J connectivity index is 2.10. The number of fused-ring (bicyclic) bond motifs is 1. The number of aromatic nitrogens is 2. The van der Waals surface area contributed by atoms with Gasteiger partial charge in [0.15, 0.2) is 0 Å². The SMILES string of the molecule is O=C(O)CC[C@H](NC(=O)c1ccc2cn[nH]c2c1)C(=O)O. The quantitative estimate of drug-likeness (QED) is 0.616. The Kier molecular flexibility index (Phi) is 4.17. The summed E-state index contributed by atoms with van der Waals surface area (Å²) in [7, 11) is 0. The van der Waals surface area contributed by atoms with Gasteiger partial charge >= 0.3 is 11.9 Å². The van der Waals surface area contributed by atoms with Gasteiger partial charge in [0, 0.05) is 17.4 Å². The van der Waals surface area contributed by atoms with Crippen LogP contribution >= 0.6 is 0 Å². The van der Waals surface area contributed by atoms with Gasteiger partial charge in [-0.05, 0) is 18.6 Å². The number of carboxylic acid groups (broad SMARTS) is 2. The predicted octanol–water partition coefficient (Wildman–Crippen LogP) is 0.611. The van der Waals surface area contributed by atoms with E-state index in [1.54, 1.807) is 24.4 Å². The molecule has 1 aromatic heterocycles. The number of H-pyrrole nitrogens is 1. The second-order valence-corrected chi connectivity index (χ2v) is 4.47. The molecular formula is C13H13N3O5. The van der Waals surface area contributed by atoms with E-state index in [-0.39, 0.29) is 18.4 Å². The summed E-state index contributed by atoms with van der Waals surface area (Å²) in [5, 5.41) is 27.2. The zero-order valence-electron chi connectivity index (χ0n) is 10.9. The average molecular weight is 291 g/mol. The topological polar surface area (TPSA) is 132 Å². The third-order valence-corrected chi connectivity index (χ3v) is 2.95. The van der Waals surface area contributed by atoms with Gasteiger partial charge in [-0.15, -0.1) is 0 Å². The van der Waals surface area contributed by atoms with Crippen molar-refractivity contribution in [2.45, 2.75) is 18.9 Å². The molecule has 0 unspecified atom stereocenters. The number of amides is 1. The van der Waals surface area contributed by atoms with E-state index in [9.17, 15) is 14.4 Å². The van der Waals surface area contributed by atoms with Crippen LogP contribution < -0.4 is 5.32 Å². The Bertz CT molecular complexity index is 694. The Morgan fingerprint density at radius 1 is 1.29 bits per heavy atom. The van der Waals surface area contributed by atoms with E-state index in [0.29, 0.717) is 5.52 Å².